The van der Waals surface area contributed by atoms with Gasteiger partial charge in [0.25, 0.3) is 5.95 Å². The maximum Gasteiger partial charge on any atom is 0.291 e. The van der Waals surface area contributed by atoms with Crippen molar-refractivity contribution in [1.29, 1.82) is 0 Å². The van der Waals surface area contributed by atoms with E-state index in [0.717, 1.165) is 5.56 Å². The minimum atomic E-state index is -0.0423. The Morgan fingerprint density at radius 1 is 1.44 bits per heavy atom. The largest absolute Gasteiger partial charge is 0.490 e. The lowest BCUT2D eigenvalue weighted by molar-refractivity contribution is -0.114. The molecular weight excluding hydrogens is 232 g/mol. The van der Waals surface area contributed by atoms with Crippen molar-refractivity contribution < 1.29 is 19.0 Å². The summed E-state index contributed by atoms with van der Waals surface area (Å²) in [5.74, 6) is 1.54. The number of fused-ring (bicyclic) bond motifs is 1. The van der Waals surface area contributed by atoms with Crippen LogP contribution in [0.2, 0.25) is 0 Å². The molecule has 0 amide bonds. The molecular formula is C14H16O4. The number of carbonyl (C=O) groups excluding carboxylic acids is 1. The van der Waals surface area contributed by atoms with Crippen molar-refractivity contribution in [2.45, 2.75) is 20.3 Å². The molecule has 4 heteroatoms. The Kier molecular flexibility index (Phi) is 3.55. The molecule has 0 fully saturated rings. The molecule has 0 radical (unpaired) electrons. The van der Waals surface area contributed by atoms with E-state index in [0.29, 0.717) is 30.1 Å². The van der Waals surface area contributed by atoms with E-state index in [-0.39, 0.29) is 11.7 Å². The van der Waals surface area contributed by atoms with Gasteiger partial charge in [0.2, 0.25) is 0 Å². The van der Waals surface area contributed by atoms with Crippen LogP contribution in [0.4, 0.5) is 0 Å². The number of para-hydroxylation sites is 1. The minimum Gasteiger partial charge on any atom is -0.490 e. The van der Waals surface area contributed by atoms with Crippen LogP contribution in [-0.4, -0.2) is 19.5 Å². The van der Waals surface area contributed by atoms with E-state index in [2.05, 4.69) is 0 Å². The van der Waals surface area contributed by atoms with Gasteiger partial charge in [-0.25, -0.2) is 0 Å². The average Bonchev–Trinajstić information content (AvgIpc) is 2.38. The van der Waals surface area contributed by atoms with Crippen LogP contribution < -0.4 is 9.47 Å². The maximum atomic E-state index is 11.5. The summed E-state index contributed by atoms with van der Waals surface area (Å²) < 4.78 is 16.3. The fraction of sp³-hybridized carbons (Fsp3) is 0.357. The van der Waals surface area contributed by atoms with E-state index < -0.39 is 0 Å². The van der Waals surface area contributed by atoms with Crippen molar-refractivity contribution in [2.75, 3.05) is 13.7 Å². The second kappa shape index (κ2) is 5.12. The zero-order valence-electron chi connectivity index (χ0n) is 10.8. The highest BCUT2D eigenvalue weighted by Crippen LogP contribution is 2.38. The van der Waals surface area contributed by atoms with Crippen LogP contribution in [0, 0.1) is 0 Å². The number of methoxy groups -OCH3 is 1. The van der Waals surface area contributed by atoms with Crippen LogP contribution in [0.25, 0.3) is 0 Å². The first-order chi connectivity index (χ1) is 8.67. The first kappa shape index (κ1) is 12.5. The second-order valence-electron chi connectivity index (χ2n) is 3.98. The van der Waals surface area contributed by atoms with Gasteiger partial charge in [0.1, 0.15) is 0 Å². The summed E-state index contributed by atoms with van der Waals surface area (Å²) in [7, 11) is 1.49. The van der Waals surface area contributed by atoms with Gasteiger partial charge in [0.05, 0.1) is 19.3 Å². The number of hydrogen-bond donors (Lipinski definition) is 0. The van der Waals surface area contributed by atoms with Crippen LogP contribution in [0.1, 0.15) is 19.4 Å². The Morgan fingerprint density at radius 3 is 2.83 bits per heavy atom. The summed E-state index contributed by atoms with van der Waals surface area (Å²) in [4.78, 5) is 11.5. The van der Waals surface area contributed by atoms with Crippen molar-refractivity contribution in [3.63, 3.8) is 0 Å². The van der Waals surface area contributed by atoms with Crippen molar-refractivity contribution in [1.82, 2.24) is 0 Å². The highest BCUT2D eigenvalue weighted by Gasteiger charge is 2.26. The average molecular weight is 248 g/mol. The molecule has 1 heterocycles. The number of Topliss-reactive ketones (excluding diaryl/α,β-unsaturated/α-hetero) is 1. The monoisotopic (exact) mass is 248 g/mol. The molecule has 0 unspecified atom stereocenters. The number of ether oxygens (including phenoxy) is 3. The Balaban J connectivity index is 2.42. The van der Waals surface area contributed by atoms with Crippen molar-refractivity contribution in [2.24, 2.45) is 0 Å². The highest BCUT2D eigenvalue weighted by atomic mass is 16.7. The van der Waals surface area contributed by atoms with Gasteiger partial charge in [-0.05, 0) is 19.9 Å². The molecule has 0 N–H and O–H groups in total. The van der Waals surface area contributed by atoms with Gasteiger partial charge in [0.15, 0.2) is 17.3 Å². The minimum absolute atomic E-state index is 0.0423. The molecule has 1 aromatic rings. The molecule has 1 aliphatic rings. The van der Waals surface area contributed by atoms with Crippen LogP contribution in [0.15, 0.2) is 29.7 Å². The fourth-order valence-corrected chi connectivity index (χ4v) is 1.94. The van der Waals surface area contributed by atoms with Crippen LogP contribution >= 0.6 is 0 Å². The normalized spacial score (nSPS) is 13.7. The molecule has 1 aromatic carbocycles. The zero-order valence-corrected chi connectivity index (χ0v) is 10.8. The fourth-order valence-electron chi connectivity index (χ4n) is 1.94. The molecule has 4 nitrogen and oxygen atoms in total. The predicted molar refractivity (Wildman–Crippen MR) is 66.7 cm³/mol. The Labute approximate surface area is 106 Å². The Bertz CT molecular complexity index is 503. The zero-order chi connectivity index (χ0) is 13.1. The summed E-state index contributed by atoms with van der Waals surface area (Å²) in [6.45, 7) is 3.98. The van der Waals surface area contributed by atoms with E-state index in [9.17, 15) is 4.79 Å². The number of ketones is 1. The molecule has 0 saturated heterocycles. The SMILES string of the molecule is CCOc1cccc2c1OC(OC)=C(C(C)=O)C2. The van der Waals surface area contributed by atoms with E-state index >= 15 is 0 Å². The molecule has 0 bridgehead atoms. The van der Waals surface area contributed by atoms with Crippen LogP contribution in [0.3, 0.4) is 0 Å². The lowest BCUT2D eigenvalue weighted by Crippen LogP contribution is -2.17. The third kappa shape index (κ3) is 2.18. The summed E-state index contributed by atoms with van der Waals surface area (Å²) in [5, 5.41) is 0. The maximum absolute atomic E-state index is 11.5. The molecule has 2 rings (SSSR count). The molecule has 0 atom stereocenters. The predicted octanol–water partition coefficient (Wildman–Crippen LogP) is 2.47. The van der Waals surface area contributed by atoms with Crippen molar-refractivity contribution in [3.8, 4) is 11.5 Å². The first-order valence-corrected chi connectivity index (χ1v) is 5.88. The quantitative estimate of drug-likeness (QED) is 0.821. The second-order valence-corrected chi connectivity index (χ2v) is 3.98. The van der Waals surface area contributed by atoms with Gasteiger partial charge >= 0.3 is 0 Å². The van der Waals surface area contributed by atoms with E-state index in [1.54, 1.807) is 0 Å². The highest BCUT2D eigenvalue weighted by molar-refractivity contribution is 5.94. The topological polar surface area (TPSA) is 44.8 Å². The standard InChI is InChI=1S/C14H16O4/c1-4-17-12-7-5-6-10-8-11(9(2)15)14(16-3)18-13(10)12/h5-7H,4,8H2,1-3H3. The molecule has 0 aliphatic carbocycles. The van der Waals surface area contributed by atoms with Gasteiger partial charge in [-0.15, -0.1) is 0 Å². The van der Waals surface area contributed by atoms with E-state index in [4.69, 9.17) is 14.2 Å². The van der Waals surface area contributed by atoms with Gasteiger partial charge in [-0.1, -0.05) is 12.1 Å². The number of allylic oxidation sites excluding steroid dienone is 1. The van der Waals surface area contributed by atoms with Gasteiger partial charge in [0, 0.05) is 12.0 Å². The third-order valence-electron chi connectivity index (χ3n) is 2.78. The van der Waals surface area contributed by atoms with E-state index in [1.165, 1.54) is 14.0 Å². The van der Waals surface area contributed by atoms with Gasteiger partial charge in [-0.3, -0.25) is 4.79 Å². The molecule has 96 valence electrons. The lowest BCUT2D eigenvalue weighted by Gasteiger charge is -2.22. The summed E-state index contributed by atoms with van der Waals surface area (Å²) in [6.07, 6.45) is 0.509. The number of carbonyl (C=O) groups is 1. The molecule has 0 spiro atoms. The molecule has 1 aliphatic heterocycles. The Morgan fingerprint density at radius 2 is 2.22 bits per heavy atom. The summed E-state index contributed by atoms with van der Waals surface area (Å²) in [5.41, 5.74) is 1.49. The number of benzene rings is 1. The molecule has 18 heavy (non-hydrogen) atoms. The lowest BCUT2D eigenvalue weighted by atomic mass is 10.00. The van der Waals surface area contributed by atoms with Crippen molar-refractivity contribution >= 4 is 5.78 Å². The Hall–Kier alpha value is -1.97. The van der Waals surface area contributed by atoms with Gasteiger partial charge in [-0.2, -0.15) is 0 Å². The van der Waals surface area contributed by atoms with Gasteiger partial charge < -0.3 is 14.2 Å². The molecule has 0 aromatic heterocycles. The third-order valence-corrected chi connectivity index (χ3v) is 2.78. The summed E-state index contributed by atoms with van der Waals surface area (Å²) >= 11 is 0. The molecule has 0 saturated carbocycles. The van der Waals surface area contributed by atoms with E-state index in [1.807, 2.05) is 25.1 Å². The number of rotatable bonds is 4. The summed E-state index contributed by atoms with van der Waals surface area (Å²) in [6, 6.07) is 5.66. The van der Waals surface area contributed by atoms with Crippen LogP contribution in [0.5, 0.6) is 11.5 Å². The number of hydrogen-bond acceptors (Lipinski definition) is 4. The van der Waals surface area contributed by atoms with Crippen LogP contribution in [-0.2, 0) is 16.0 Å². The first-order valence-electron chi connectivity index (χ1n) is 5.88. The smallest absolute Gasteiger partial charge is 0.291 e. The van der Waals surface area contributed by atoms with Crippen molar-refractivity contribution in [3.05, 3.63) is 35.3 Å².